The van der Waals surface area contributed by atoms with E-state index in [1.165, 1.54) is 0 Å². The maximum atomic E-state index is 6.12. The molecule has 3 aromatic rings. The van der Waals surface area contributed by atoms with E-state index < -0.39 is 0 Å². The molecule has 0 aliphatic carbocycles. The molecular weight excluding hydrogens is 376 g/mol. The molecule has 2 aromatic carbocycles. The molecule has 0 aliphatic rings. The summed E-state index contributed by atoms with van der Waals surface area (Å²) in [6, 6.07) is 17.2. The number of para-hydroxylation sites is 1. The molecule has 1 heterocycles. The molecule has 0 bridgehead atoms. The lowest BCUT2D eigenvalue weighted by atomic mass is 10.2. The van der Waals surface area contributed by atoms with Crippen LogP contribution in [0.2, 0.25) is 5.02 Å². The molecule has 146 valence electrons. The Labute approximate surface area is 169 Å². The molecule has 3 rings (SSSR count). The highest BCUT2D eigenvalue weighted by Gasteiger charge is 2.10. The Morgan fingerprint density at radius 3 is 2.64 bits per heavy atom. The summed E-state index contributed by atoms with van der Waals surface area (Å²) < 4.78 is 11.4. The third kappa shape index (κ3) is 5.50. The van der Waals surface area contributed by atoms with Crippen LogP contribution < -0.4 is 15.4 Å². The Hall–Kier alpha value is -2.99. The number of ether oxygens (including phenoxy) is 1. The molecular formula is C21H23ClN4O2. The summed E-state index contributed by atoms with van der Waals surface area (Å²) in [6.07, 6.45) is 1.56. The van der Waals surface area contributed by atoms with E-state index in [-0.39, 0.29) is 6.10 Å². The summed E-state index contributed by atoms with van der Waals surface area (Å²) in [5.74, 6) is 1.92. The number of hydrogen-bond acceptors (Lipinski definition) is 4. The van der Waals surface area contributed by atoms with Crippen molar-refractivity contribution >= 4 is 17.6 Å². The lowest BCUT2D eigenvalue weighted by Gasteiger charge is -2.18. The first kappa shape index (κ1) is 19.8. The van der Waals surface area contributed by atoms with Crippen LogP contribution in [0, 0.1) is 0 Å². The van der Waals surface area contributed by atoms with Gasteiger partial charge in [-0.05, 0) is 31.2 Å². The maximum absolute atomic E-state index is 6.12. The van der Waals surface area contributed by atoms with Crippen molar-refractivity contribution in [3.63, 3.8) is 0 Å². The molecule has 1 atom stereocenters. The first-order chi connectivity index (χ1) is 13.7. The average Bonchev–Trinajstić information content (AvgIpc) is 3.20. The predicted octanol–water partition coefficient (Wildman–Crippen LogP) is 4.13. The van der Waals surface area contributed by atoms with Gasteiger partial charge in [0.2, 0.25) is 5.89 Å². The number of nitrogens with zero attached hydrogens (tertiary/aromatic N) is 2. The van der Waals surface area contributed by atoms with Crippen molar-refractivity contribution in [1.82, 2.24) is 15.6 Å². The minimum absolute atomic E-state index is 0.0878. The van der Waals surface area contributed by atoms with E-state index in [1.807, 2.05) is 55.5 Å². The minimum Gasteiger partial charge on any atom is -0.487 e. The first-order valence-corrected chi connectivity index (χ1v) is 9.39. The van der Waals surface area contributed by atoms with Crippen LogP contribution in [0.4, 0.5) is 0 Å². The van der Waals surface area contributed by atoms with Crippen LogP contribution in [0.25, 0.3) is 11.5 Å². The first-order valence-electron chi connectivity index (χ1n) is 9.01. The van der Waals surface area contributed by atoms with Crippen LogP contribution >= 0.6 is 11.6 Å². The van der Waals surface area contributed by atoms with Gasteiger partial charge in [-0.15, -0.1) is 0 Å². The molecule has 28 heavy (non-hydrogen) atoms. The lowest BCUT2D eigenvalue weighted by Crippen LogP contribution is -2.41. The Balaban J connectivity index is 1.47. The van der Waals surface area contributed by atoms with E-state index in [1.54, 1.807) is 19.4 Å². The van der Waals surface area contributed by atoms with Gasteiger partial charge >= 0.3 is 0 Å². The highest BCUT2D eigenvalue weighted by molar-refractivity contribution is 6.32. The number of aliphatic imine (C=N–C) groups is 1. The van der Waals surface area contributed by atoms with Crippen LogP contribution in [-0.2, 0) is 6.54 Å². The normalized spacial score (nSPS) is 12.5. The molecule has 0 spiro atoms. The second-order valence-electron chi connectivity index (χ2n) is 6.18. The Bertz CT molecular complexity index is 912. The Kier molecular flexibility index (Phi) is 6.92. The van der Waals surface area contributed by atoms with Crippen molar-refractivity contribution in [2.75, 3.05) is 13.6 Å². The number of guanidine groups is 1. The van der Waals surface area contributed by atoms with E-state index in [0.717, 1.165) is 11.3 Å². The molecule has 7 heteroatoms. The molecule has 6 nitrogen and oxygen atoms in total. The molecule has 0 saturated heterocycles. The van der Waals surface area contributed by atoms with Gasteiger partial charge in [-0.2, -0.15) is 0 Å². The number of halogens is 1. The fourth-order valence-corrected chi connectivity index (χ4v) is 2.72. The number of aromatic nitrogens is 1. The van der Waals surface area contributed by atoms with Gasteiger partial charge in [0.1, 0.15) is 18.1 Å². The summed E-state index contributed by atoms with van der Waals surface area (Å²) in [4.78, 5) is 8.72. The highest BCUT2D eigenvalue weighted by Crippen LogP contribution is 2.24. The fourth-order valence-electron chi connectivity index (χ4n) is 2.54. The predicted molar refractivity (Wildman–Crippen MR) is 112 cm³/mol. The molecule has 0 radical (unpaired) electrons. The van der Waals surface area contributed by atoms with Gasteiger partial charge in [0, 0.05) is 12.6 Å². The van der Waals surface area contributed by atoms with E-state index >= 15 is 0 Å². The second-order valence-corrected chi connectivity index (χ2v) is 6.58. The quantitative estimate of drug-likeness (QED) is 0.462. The number of hydrogen-bond donors (Lipinski definition) is 2. The molecule has 0 aliphatic heterocycles. The molecule has 1 aromatic heterocycles. The summed E-state index contributed by atoms with van der Waals surface area (Å²) in [6.45, 7) is 3.03. The zero-order valence-corrected chi connectivity index (χ0v) is 16.6. The standard InChI is InChI=1S/C21H23ClN4O2/c1-15(28-19-11-7-6-10-18(19)22)12-24-21(23-2)25-13-17-14-27-20(26-17)16-8-4-3-5-9-16/h3-11,14-15H,12-13H2,1-2H3,(H2,23,24,25). The van der Waals surface area contributed by atoms with Crippen molar-refractivity contribution in [2.24, 2.45) is 4.99 Å². The topological polar surface area (TPSA) is 71.7 Å². The lowest BCUT2D eigenvalue weighted by molar-refractivity contribution is 0.224. The van der Waals surface area contributed by atoms with Gasteiger partial charge in [0.25, 0.3) is 0 Å². The number of nitrogens with one attached hydrogen (secondary N) is 2. The van der Waals surface area contributed by atoms with Crippen LogP contribution in [0.3, 0.4) is 0 Å². The van der Waals surface area contributed by atoms with Crippen molar-refractivity contribution in [3.05, 3.63) is 71.6 Å². The molecule has 1 unspecified atom stereocenters. The van der Waals surface area contributed by atoms with Gasteiger partial charge in [-0.3, -0.25) is 4.99 Å². The highest BCUT2D eigenvalue weighted by atomic mass is 35.5. The Morgan fingerprint density at radius 2 is 1.89 bits per heavy atom. The summed E-state index contributed by atoms with van der Waals surface area (Å²) >= 11 is 6.12. The molecule has 0 fully saturated rings. The third-order valence-corrected chi connectivity index (χ3v) is 4.27. The summed E-state index contributed by atoms with van der Waals surface area (Å²) in [5, 5.41) is 7.04. The average molecular weight is 399 g/mol. The fraction of sp³-hybridized carbons (Fsp3) is 0.238. The van der Waals surface area contributed by atoms with Crippen LogP contribution in [0.5, 0.6) is 5.75 Å². The van der Waals surface area contributed by atoms with Crippen LogP contribution in [0.15, 0.2) is 70.3 Å². The summed E-state index contributed by atoms with van der Waals surface area (Å²) in [7, 11) is 1.72. The van der Waals surface area contributed by atoms with E-state index in [9.17, 15) is 0 Å². The van der Waals surface area contributed by atoms with E-state index in [0.29, 0.717) is 35.7 Å². The Morgan fingerprint density at radius 1 is 1.14 bits per heavy atom. The zero-order valence-electron chi connectivity index (χ0n) is 15.9. The number of oxazole rings is 1. The zero-order chi connectivity index (χ0) is 19.8. The second kappa shape index (κ2) is 9.80. The van der Waals surface area contributed by atoms with Crippen molar-refractivity contribution in [1.29, 1.82) is 0 Å². The summed E-state index contributed by atoms with van der Waals surface area (Å²) in [5.41, 5.74) is 1.74. The van der Waals surface area contributed by atoms with Gasteiger partial charge in [-0.25, -0.2) is 4.98 Å². The van der Waals surface area contributed by atoms with Crippen LogP contribution in [-0.4, -0.2) is 30.6 Å². The van der Waals surface area contributed by atoms with Gasteiger partial charge < -0.3 is 19.8 Å². The van der Waals surface area contributed by atoms with Crippen molar-refractivity contribution < 1.29 is 9.15 Å². The number of benzene rings is 2. The minimum atomic E-state index is -0.0878. The van der Waals surface area contributed by atoms with Gasteiger partial charge in [0.05, 0.1) is 23.8 Å². The monoisotopic (exact) mass is 398 g/mol. The maximum Gasteiger partial charge on any atom is 0.226 e. The van der Waals surface area contributed by atoms with Crippen LogP contribution in [0.1, 0.15) is 12.6 Å². The molecule has 0 saturated carbocycles. The van der Waals surface area contributed by atoms with E-state index in [2.05, 4.69) is 20.6 Å². The largest absolute Gasteiger partial charge is 0.487 e. The number of rotatable bonds is 7. The third-order valence-electron chi connectivity index (χ3n) is 3.95. The SMILES string of the molecule is CN=C(NCc1coc(-c2ccccc2)n1)NCC(C)Oc1ccccc1Cl. The van der Waals surface area contributed by atoms with E-state index in [4.69, 9.17) is 20.8 Å². The van der Waals surface area contributed by atoms with Crippen molar-refractivity contribution in [3.8, 4) is 17.2 Å². The van der Waals surface area contributed by atoms with Gasteiger partial charge in [-0.1, -0.05) is 41.9 Å². The smallest absolute Gasteiger partial charge is 0.226 e. The molecule has 0 amide bonds. The van der Waals surface area contributed by atoms with Crippen molar-refractivity contribution in [2.45, 2.75) is 19.6 Å². The molecule has 2 N–H and O–H groups in total. The van der Waals surface area contributed by atoms with Gasteiger partial charge in [0.15, 0.2) is 5.96 Å².